The molecule has 4 nitrogen and oxygen atoms in total. The monoisotopic (exact) mass is 321 g/mol. The first-order chi connectivity index (χ1) is 10.6. The average molecular weight is 321 g/mol. The molecule has 5 heteroatoms. The number of fused-ring (bicyclic) bond motifs is 1. The van der Waals surface area contributed by atoms with Crippen LogP contribution >= 0.6 is 0 Å². The first kappa shape index (κ1) is 16.9. The minimum absolute atomic E-state index is 0.304. The second-order valence-electron chi connectivity index (χ2n) is 5.23. The van der Waals surface area contributed by atoms with Gasteiger partial charge in [0.1, 0.15) is 0 Å². The molecule has 2 aromatic rings. The third-order valence-electron chi connectivity index (χ3n) is 3.43. The van der Waals surface area contributed by atoms with Gasteiger partial charge in [0, 0.05) is 19.8 Å². The number of sulfonamides is 1. The normalized spacial score (nSPS) is 11.9. The fourth-order valence-electron chi connectivity index (χ4n) is 2.15. The van der Waals surface area contributed by atoms with Crippen LogP contribution in [0.2, 0.25) is 0 Å². The van der Waals surface area contributed by atoms with Crippen LogP contribution in [0.3, 0.4) is 0 Å². The molecule has 0 aliphatic carbocycles. The summed E-state index contributed by atoms with van der Waals surface area (Å²) in [4.78, 5) is 0.304. The Balaban J connectivity index is 1.89. The minimum Gasteiger partial charge on any atom is -0.381 e. The molecule has 0 amide bonds. The summed E-state index contributed by atoms with van der Waals surface area (Å²) in [7, 11) is -3.45. The highest BCUT2D eigenvalue weighted by Gasteiger charge is 2.13. The van der Waals surface area contributed by atoms with Gasteiger partial charge in [-0.15, -0.1) is 0 Å². The number of unbranched alkanes of at least 4 members (excludes halogenated alkanes) is 1. The highest BCUT2D eigenvalue weighted by Crippen LogP contribution is 2.18. The third kappa shape index (κ3) is 4.80. The second kappa shape index (κ2) is 8.27. The molecule has 0 saturated heterocycles. The Morgan fingerprint density at radius 3 is 2.50 bits per heavy atom. The van der Waals surface area contributed by atoms with Gasteiger partial charge in [-0.3, -0.25) is 0 Å². The molecule has 2 aromatic carbocycles. The second-order valence-corrected chi connectivity index (χ2v) is 6.99. The zero-order valence-electron chi connectivity index (χ0n) is 12.9. The van der Waals surface area contributed by atoms with Crippen LogP contribution in [0.5, 0.6) is 0 Å². The van der Waals surface area contributed by atoms with Crippen LogP contribution in [0.1, 0.15) is 26.2 Å². The summed E-state index contributed by atoms with van der Waals surface area (Å²) in [5.41, 5.74) is 0. The van der Waals surface area contributed by atoms with Gasteiger partial charge in [0.25, 0.3) is 0 Å². The van der Waals surface area contributed by atoms with Gasteiger partial charge in [0.05, 0.1) is 4.90 Å². The van der Waals surface area contributed by atoms with E-state index in [0.29, 0.717) is 24.5 Å². The average Bonchev–Trinajstić information content (AvgIpc) is 2.53. The van der Waals surface area contributed by atoms with E-state index in [1.165, 1.54) is 0 Å². The third-order valence-corrected chi connectivity index (χ3v) is 4.89. The van der Waals surface area contributed by atoms with Gasteiger partial charge >= 0.3 is 0 Å². The van der Waals surface area contributed by atoms with Crippen molar-refractivity contribution in [3.63, 3.8) is 0 Å². The molecular formula is C17H23NO3S. The summed E-state index contributed by atoms with van der Waals surface area (Å²) >= 11 is 0. The molecule has 0 fully saturated rings. The molecule has 0 spiro atoms. The molecule has 0 atom stereocenters. The summed E-state index contributed by atoms with van der Waals surface area (Å²) in [6.07, 6.45) is 2.83. The van der Waals surface area contributed by atoms with Crippen LogP contribution in [0.15, 0.2) is 47.4 Å². The van der Waals surface area contributed by atoms with E-state index in [1.54, 1.807) is 12.1 Å². The quantitative estimate of drug-likeness (QED) is 0.721. The van der Waals surface area contributed by atoms with Gasteiger partial charge in [-0.1, -0.05) is 43.7 Å². The smallest absolute Gasteiger partial charge is 0.240 e. The van der Waals surface area contributed by atoms with E-state index in [2.05, 4.69) is 11.6 Å². The Labute approximate surface area is 132 Å². The molecule has 0 aliphatic heterocycles. The predicted octanol–water partition coefficient (Wildman–Crippen LogP) is 3.32. The Kier molecular flexibility index (Phi) is 6.36. The van der Waals surface area contributed by atoms with Crippen molar-refractivity contribution in [3.05, 3.63) is 42.5 Å². The summed E-state index contributed by atoms with van der Waals surface area (Å²) in [5, 5.41) is 1.96. The van der Waals surface area contributed by atoms with Gasteiger partial charge in [0.2, 0.25) is 10.0 Å². The lowest BCUT2D eigenvalue weighted by atomic mass is 10.1. The Bertz CT molecular complexity index is 698. The van der Waals surface area contributed by atoms with Crippen molar-refractivity contribution < 1.29 is 13.2 Å². The van der Waals surface area contributed by atoms with Crippen molar-refractivity contribution in [2.24, 2.45) is 0 Å². The maximum absolute atomic E-state index is 12.3. The lowest BCUT2D eigenvalue weighted by Crippen LogP contribution is -2.25. The molecule has 0 aliphatic rings. The number of ether oxygens (including phenoxy) is 1. The number of benzene rings is 2. The minimum atomic E-state index is -3.45. The van der Waals surface area contributed by atoms with Crippen molar-refractivity contribution in [3.8, 4) is 0 Å². The maximum atomic E-state index is 12.3. The fraction of sp³-hybridized carbons (Fsp3) is 0.412. The Morgan fingerprint density at radius 1 is 1.00 bits per heavy atom. The van der Waals surface area contributed by atoms with Gasteiger partial charge in [-0.2, -0.15) is 0 Å². The highest BCUT2D eigenvalue weighted by molar-refractivity contribution is 7.89. The van der Waals surface area contributed by atoms with Gasteiger partial charge in [-0.25, -0.2) is 13.1 Å². The molecular weight excluding hydrogens is 298 g/mol. The van der Waals surface area contributed by atoms with E-state index >= 15 is 0 Å². The lowest BCUT2D eigenvalue weighted by molar-refractivity contribution is 0.130. The van der Waals surface area contributed by atoms with Crippen molar-refractivity contribution >= 4 is 20.8 Å². The van der Waals surface area contributed by atoms with Crippen LogP contribution in [0.25, 0.3) is 10.8 Å². The molecule has 0 unspecified atom stereocenters. The molecule has 22 heavy (non-hydrogen) atoms. The summed E-state index contributed by atoms with van der Waals surface area (Å²) in [6.45, 7) is 3.83. The SMILES string of the molecule is CCCCOCCCNS(=O)(=O)c1ccc2ccccc2c1. The first-order valence-corrected chi connectivity index (χ1v) is 9.18. The molecule has 1 N–H and O–H groups in total. The first-order valence-electron chi connectivity index (χ1n) is 7.69. The highest BCUT2D eigenvalue weighted by atomic mass is 32.2. The number of hydrogen-bond donors (Lipinski definition) is 1. The van der Waals surface area contributed by atoms with E-state index in [9.17, 15) is 8.42 Å². The maximum Gasteiger partial charge on any atom is 0.240 e. The van der Waals surface area contributed by atoms with Crippen molar-refractivity contribution in [1.29, 1.82) is 0 Å². The molecule has 0 heterocycles. The Hall–Kier alpha value is -1.43. The van der Waals surface area contributed by atoms with Crippen LogP contribution in [0, 0.1) is 0 Å². The largest absolute Gasteiger partial charge is 0.381 e. The molecule has 0 saturated carbocycles. The van der Waals surface area contributed by atoms with E-state index < -0.39 is 10.0 Å². The number of nitrogens with one attached hydrogen (secondary N) is 1. The topological polar surface area (TPSA) is 55.4 Å². The lowest BCUT2D eigenvalue weighted by Gasteiger charge is -2.08. The number of rotatable bonds is 9. The van der Waals surface area contributed by atoms with E-state index in [0.717, 1.165) is 30.2 Å². The predicted molar refractivity (Wildman–Crippen MR) is 89.5 cm³/mol. The fourth-order valence-corrected chi connectivity index (χ4v) is 3.26. The van der Waals surface area contributed by atoms with Crippen molar-refractivity contribution in [2.75, 3.05) is 19.8 Å². The van der Waals surface area contributed by atoms with Crippen LogP contribution in [0.4, 0.5) is 0 Å². The van der Waals surface area contributed by atoms with E-state index in [1.807, 2.05) is 30.3 Å². The zero-order valence-corrected chi connectivity index (χ0v) is 13.7. The summed E-state index contributed by atoms with van der Waals surface area (Å²) in [5.74, 6) is 0. The van der Waals surface area contributed by atoms with E-state index in [4.69, 9.17) is 4.74 Å². The van der Waals surface area contributed by atoms with Gasteiger partial charge < -0.3 is 4.74 Å². The molecule has 2 rings (SSSR count). The molecule has 120 valence electrons. The van der Waals surface area contributed by atoms with Gasteiger partial charge in [0.15, 0.2) is 0 Å². The van der Waals surface area contributed by atoms with Crippen LogP contribution < -0.4 is 4.72 Å². The summed E-state index contributed by atoms with van der Waals surface area (Å²) < 4.78 is 32.6. The number of hydrogen-bond acceptors (Lipinski definition) is 3. The van der Waals surface area contributed by atoms with Crippen molar-refractivity contribution in [1.82, 2.24) is 4.72 Å². The Morgan fingerprint density at radius 2 is 1.73 bits per heavy atom. The standard InChI is InChI=1S/C17H23NO3S/c1-2-3-12-21-13-6-11-18-22(19,20)17-10-9-15-7-4-5-8-16(15)14-17/h4-5,7-10,14,18H,2-3,6,11-13H2,1H3. The van der Waals surface area contributed by atoms with Gasteiger partial charge in [-0.05, 0) is 35.7 Å². The van der Waals surface area contributed by atoms with Crippen LogP contribution in [-0.2, 0) is 14.8 Å². The zero-order chi connectivity index (χ0) is 15.8. The molecule has 0 bridgehead atoms. The van der Waals surface area contributed by atoms with E-state index in [-0.39, 0.29) is 0 Å². The van der Waals surface area contributed by atoms with Crippen molar-refractivity contribution in [2.45, 2.75) is 31.1 Å². The van der Waals surface area contributed by atoms with Crippen LogP contribution in [-0.4, -0.2) is 28.2 Å². The molecule has 0 radical (unpaired) electrons. The molecule has 0 aromatic heterocycles. The summed E-state index contributed by atoms with van der Waals surface area (Å²) in [6, 6.07) is 12.9.